The van der Waals surface area contributed by atoms with E-state index in [-0.39, 0.29) is 11.5 Å². The van der Waals surface area contributed by atoms with E-state index in [2.05, 4.69) is 49.5 Å². The minimum absolute atomic E-state index is 0.0799. The molecule has 0 spiro atoms. The summed E-state index contributed by atoms with van der Waals surface area (Å²) in [4.78, 5) is 35.7. The molecule has 2 heterocycles. The Morgan fingerprint density at radius 1 is 1.15 bits per heavy atom. The van der Waals surface area contributed by atoms with Crippen LogP contribution in [0.15, 0.2) is 53.3 Å². The van der Waals surface area contributed by atoms with Gasteiger partial charge in [-0.1, -0.05) is 28.1 Å². The molecule has 0 aliphatic carbocycles. The van der Waals surface area contributed by atoms with Crippen molar-refractivity contribution in [1.29, 1.82) is 0 Å². The zero-order valence-electron chi connectivity index (χ0n) is 20.3. The average molecular weight is 527 g/mol. The molecule has 1 aliphatic rings. The number of hydrogen-bond donors (Lipinski definition) is 0. The Hall–Kier alpha value is -2.84. The number of carbonyl (C=O) groups is 2. The summed E-state index contributed by atoms with van der Waals surface area (Å²) in [6, 6.07) is 14.1. The molecule has 1 atom stereocenters. The summed E-state index contributed by atoms with van der Waals surface area (Å²) >= 11 is 3.52. The molecule has 0 unspecified atom stereocenters. The zero-order chi connectivity index (χ0) is 24.9. The van der Waals surface area contributed by atoms with Gasteiger partial charge >= 0.3 is 0 Å². The van der Waals surface area contributed by atoms with E-state index in [0.29, 0.717) is 18.1 Å². The van der Waals surface area contributed by atoms with Crippen LogP contribution in [-0.4, -0.2) is 70.5 Å². The number of nitrogens with zero attached hydrogens (tertiary/aromatic N) is 4. The molecule has 0 radical (unpaired) electrons. The molecule has 3 aromatic rings. The largest absolute Gasteiger partial charge is 0.462 e. The summed E-state index contributed by atoms with van der Waals surface area (Å²) in [6.45, 7) is 10.5. The average Bonchev–Trinajstić information content (AvgIpc) is 2.79. The highest BCUT2D eigenvalue weighted by molar-refractivity contribution is 9.10. The fraction of sp³-hybridized carbons (Fsp3) is 0.385. The summed E-state index contributed by atoms with van der Waals surface area (Å²) in [6.07, 6.45) is 1.57. The third-order valence-electron chi connectivity index (χ3n) is 5.63. The number of fused-ring (bicyclic) bond motifs is 1. The molecule has 7 nitrogen and oxygen atoms in total. The van der Waals surface area contributed by atoms with E-state index in [0.717, 1.165) is 46.3 Å². The van der Waals surface area contributed by atoms with Crippen LogP contribution in [0.25, 0.3) is 22.2 Å². The highest BCUT2D eigenvalue weighted by Gasteiger charge is 2.25. The Morgan fingerprint density at radius 2 is 1.91 bits per heavy atom. The predicted molar refractivity (Wildman–Crippen MR) is 138 cm³/mol. The van der Waals surface area contributed by atoms with E-state index in [4.69, 9.17) is 0 Å². The first-order valence-electron chi connectivity index (χ1n) is 11.2. The molecule has 180 valence electrons. The van der Waals surface area contributed by atoms with Crippen LogP contribution >= 0.6 is 15.9 Å². The second kappa shape index (κ2) is 11.1. The Labute approximate surface area is 209 Å². The number of halogens is 1. The number of ether oxygens (including phenoxy) is 1. The second-order valence-corrected chi connectivity index (χ2v) is 10.3. The van der Waals surface area contributed by atoms with Gasteiger partial charge in [-0.05, 0) is 65.1 Å². The van der Waals surface area contributed by atoms with E-state index in [9.17, 15) is 9.59 Å². The van der Waals surface area contributed by atoms with Crippen molar-refractivity contribution in [2.75, 3.05) is 26.7 Å². The van der Waals surface area contributed by atoms with Gasteiger partial charge in [0.05, 0.1) is 11.2 Å². The number of likely N-dealkylation sites (N-methyl/N-ethyl adjacent to an activating group) is 1. The van der Waals surface area contributed by atoms with Crippen LogP contribution in [0.5, 0.6) is 0 Å². The first kappa shape index (κ1) is 25.8. The molecule has 34 heavy (non-hydrogen) atoms. The fourth-order valence-electron chi connectivity index (χ4n) is 3.62. The second-order valence-electron chi connectivity index (χ2n) is 9.37. The van der Waals surface area contributed by atoms with Gasteiger partial charge in [0.25, 0.3) is 12.4 Å². The number of benzene rings is 2. The van der Waals surface area contributed by atoms with Crippen LogP contribution in [-0.2, 0) is 9.53 Å². The van der Waals surface area contributed by atoms with E-state index >= 15 is 0 Å². The lowest BCUT2D eigenvalue weighted by atomic mass is 10.0. The lowest BCUT2D eigenvalue weighted by molar-refractivity contribution is -0.138. The number of piperazine rings is 1. The van der Waals surface area contributed by atoms with Crippen molar-refractivity contribution in [3.05, 3.63) is 58.8 Å². The smallest absolute Gasteiger partial charge is 0.293 e. The molecule has 0 N–H and O–H groups in total. The van der Waals surface area contributed by atoms with Crippen LogP contribution in [0.4, 0.5) is 0 Å². The van der Waals surface area contributed by atoms with E-state index < -0.39 is 0 Å². The van der Waals surface area contributed by atoms with Crippen molar-refractivity contribution < 1.29 is 14.3 Å². The van der Waals surface area contributed by atoms with Gasteiger partial charge in [-0.2, -0.15) is 0 Å². The summed E-state index contributed by atoms with van der Waals surface area (Å²) in [7, 11) is 2.10. The van der Waals surface area contributed by atoms with Gasteiger partial charge in [-0.15, -0.1) is 0 Å². The highest BCUT2D eigenvalue weighted by Crippen LogP contribution is 2.28. The van der Waals surface area contributed by atoms with Crippen LogP contribution in [0.3, 0.4) is 0 Å². The molecule has 0 bridgehead atoms. The minimum Gasteiger partial charge on any atom is -0.462 e. The van der Waals surface area contributed by atoms with Gasteiger partial charge in [0.1, 0.15) is 11.9 Å². The maximum atomic E-state index is 13.0. The standard InChI is InChI=1S/C21H21BrN4O.C5H10O2/c1-14-12-26(9-8-25(14)2)21(27)16-5-3-4-15(10-16)20-18-11-17(22)6-7-19(18)23-13-24-20;1-5(2,3)7-4-6/h3-7,10-11,13-14H,8-9,12H2,1-2H3;4H,1-3H3/t14-;/m1./s1. The molecule has 1 fully saturated rings. The number of hydrogen-bond acceptors (Lipinski definition) is 6. The molecule has 1 saturated heterocycles. The topological polar surface area (TPSA) is 75.6 Å². The van der Waals surface area contributed by atoms with Crippen molar-refractivity contribution in [2.24, 2.45) is 0 Å². The van der Waals surface area contributed by atoms with E-state index in [1.54, 1.807) is 6.33 Å². The van der Waals surface area contributed by atoms with Crippen LogP contribution in [0.1, 0.15) is 38.1 Å². The minimum atomic E-state index is -0.318. The third kappa shape index (κ3) is 6.61. The van der Waals surface area contributed by atoms with Crippen LogP contribution < -0.4 is 0 Å². The Balaban J connectivity index is 0.000000406. The van der Waals surface area contributed by atoms with Gasteiger partial charge in [0, 0.05) is 46.7 Å². The predicted octanol–water partition coefficient (Wildman–Crippen LogP) is 4.79. The summed E-state index contributed by atoms with van der Waals surface area (Å²) in [5, 5.41) is 0.963. The van der Waals surface area contributed by atoms with Crippen LogP contribution in [0, 0.1) is 0 Å². The van der Waals surface area contributed by atoms with E-state index in [1.807, 2.05) is 68.1 Å². The normalized spacial score (nSPS) is 16.5. The first-order chi connectivity index (χ1) is 16.1. The number of carbonyl (C=O) groups excluding carboxylic acids is 2. The van der Waals surface area contributed by atoms with Gasteiger partial charge in [0.15, 0.2) is 0 Å². The number of rotatable bonds is 3. The molecule has 2 aromatic carbocycles. The van der Waals surface area contributed by atoms with Crippen molar-refractivity contribution >= 4 is 39.2 Å². The Morgan fingerprint density at radius 3 is 2.56 bits per heavy atom. The molecule has 4 rings (SSSR count). The monoisotopic (exact) mass is 526 g/mol. The number of aromatic nitrogens is 2. The lowest BCUT2D eigenvalue weighted by Gasteiger charge is -2.37. The quantitative estimate of drug-likeness (QED) is 0.456. The van der Waals surface area contributed by atoms with Gasteiger partial charge in [0.2, 0.25) is 0 Å². The lowest BCUT2D eigenvalue weighted by Crippen LogP contribution is -2.52. The summed E-state index contributed by atoms with van der Waals surface area (Å²) < 4.78 is 5.53. The first-order valence-corrected chi connectivity index (χ1v) is 12.0. The molecule has 1 amide bonds. The highest BCUT2D eigenvalue weighted by atomic mass is 79.9. The van der Waals surface area contributed by atoms with Crippen molar-refractivity contribution in [1.82, 2.24) is 19.8 Å². The Kier molecular flexibility index (Phi) is 8.38. The summed E-state index contributed by atoms with van der Waals surface area (Å²) in [5.74, 6) is 0.0799. The fourth-order valence-corrected chi connectivity index (χ4v) is 3.98. The van der Waals surface area contributed by atoms with Crippen molar-refractivity contribution in [3.63, 3.8) is 0 Å². The Bertz CT molecular complexity index is 1160. The van der Waals surface area contributed by atoms with Gasteiger partial charge in [-0.25, -0.2) is 9.97 Å². The SMILES string of the molecule is CC(C)(C)OC=O.C[C@@H]1CN(C(=O)c2cccc(-c3ncnc4ccc(Br)cc34)c2)CCN1C. The zero-order valence-corrected chi connectivity index (χ0v) is 21.9. The molecule has 8 heteroatoms. The van der Waals surface area contributed by atoms with Gasteiger partial charge in [-0.3, -0.25) is 9.59 Å². The molecular weight excluding hydrogens is 496 g/mol. The molecule has 1 aromatic heterocycles. The third-order valence-corrected chi connectivity index (χ3v) is 6.12. The summed E-state index contributed by atoms with van der Waals surface area (Å²) in [5.41, 5.74) is 3.02. The van der Waals surface area contributed by atoms with Crippen LogP contribution in [0.2, 0.25) is 0 Å². The molecule has 0 saturated carbocycles. The van der Waals surface area contributed by atoms with Crippen molar-refractivity contribution in [3.8, 4) is 11.3 Å². The van der Waals surface area contributed by atoms with Gasteiger partial charge < -0.3 is 14.5 Å². The molecule has 1 aliphatic heterocycles. The number of amides is 1. The molecular formula is C26H31BrN4O3. The van der Waals surface area contributed by atoms with Crippen molar-refractivity contribution in [2.45, 2.75) is 39.3 Å². The maximum absolute atomic E-state index is 13.0. The maximum Gasteiger partial charge on any atom is 0.293 e. The van der Waals surface area contributed by atoms with E-state index in [1.165, 1.54) is 0 Å².